The number of carbonyl (C=O) groups is 1. The van der Waals surface area contributed by atoms with Crippen LogP contribution in [0.2, 0.25) is 5.15 Å². The van der Waals surface area contributed by atoms with Crippen molar-refractivity contribution in [1.82, 2.24) is 15.1 Å². The molecule has 0 aliphatic carbocycles. The lowest BCUT2D eigenvalue weighted by Gasteiger charge is -2.03. The summed E-state index contributed by atoms with van der Waals surface area (Å²) in [6.45, 7) is 1.77. The SMILES string of the molecule is C#CCNC(=O)c1c(C)nn(-c2ccc(F)cc2)c1Cl. The molecule has 0 radical (unpaired) electrons. The minimum atomic E-state index is -0.390. The zero-order chi connectivity index (χ0) is 14.7. The number of halogens is 2. The van der Waals surface area contributed by atoms with Gasteiger partial charge in [0, 0.05) is 0 Å². The molecule has 1 amide bonds. The van der Waals surface area contributed by atoms with Gasteiger partial charge in [0.25, 0.3) is 5.91 Å². The normalized spacial score (nSPS) is 10.1. The van der Waals surface area contributed by atoms with Crippen molar-refractivity contribution in [2.45, 2.75) is 6.92 Å². The van der Waals surface area contributed by atoms with Gasteiger partial charge in [-0.05, 0) is 31.2 Å². The molecular formula is C14H11ClFN3O. The van der Waals surface area contributed by atoms with Gasteiger partial charge in [0.15, 0.2) is 0 Å². The number of amides is 1. The largest absolute Gasteiger partial charge is 0.341 e. The quantitative estimate of drug-likeness (QED) is 0.882. The van der Waals surface area contributed by atoms with E-state index in [9.17, 15) is 9.18 Å². The minimum Gasteiger partial charge on any atom is -0.341 e. The number of benzene rings is 1. The maximum Gasteiger partial charge on any atom is 0.257 e. The molecule has 4 nitrogen and oxygen atoms in total. The molecule has 0 saturated heterocycles. The summed E-state index contributed by atoms with van der Waals surface area (Å²) in [4.78, 5) is 11.9. The zero-order valence-corrected chi connectivity index (χ0v) is 11.4. The zero-order valence-electron chi connectivity index (χ0n) is 10.7. The number of aryl methyl sites for hydroxylation is 1. The van der Waals surface area contributed by atoms with Crippen molar-refractivity contribution in [3.8, 4) is 18.0 Å². The minimum absolute atomic E-state index is 0.107. The Morgan fingerprint density at radius 2 is 2.15 bits per heavy atom. The van der Waals surface area contributed by atoms with Crippen molar-refractivity contribution in [3.63, 3.8) is 0 Å². The number of terminal acetylenes is 1. The molecule has 1 N–H and O–H groups in total. The fourth-order valence-corrected chi connectivity index (χ4v) is 2.09. The van der Waals surface area contributed by atoms with Gasteiger partial charge >= 0.3 is 0 Å². The fourth-order valence-electron chi connectivity index (χ4n) is 1.73. The molecule has 0 bridgehead atoms. The van der Waals surface area contributed by atoms with Gasteiger partial charge < -0.3 is 5.32 Å². The van der Waals surface area contributed by atoms with E-state index in [-0.39, 0.29) is 29.0 Å². The maximum absolute atomic E-state index is 12.9. The molecule has 6 heteroatoms. The van der Waals surface area contributed by atoms with Gasteiger partial charge in [0.05, 0.1) is 23.5 Å². The van der Waals surface area contributed by atoms with Crippen LogP contribution >= 0.6 is 11.6 Å². The van der Waals surface area contributed by atoms with E-state index in [0.29, 0.717) is 11.4 Å². The summed E-state index contributed by atoms with van der Waals surface area (Å²) in [5, 5.41) is 6.88. The van der Waals surface area contributed by atoms with E-state index in [4.69, 9.17) is 18.0 Å². The van der Waals surface area contributed by atoms with E-state index in [0.717, 1.165) is 0 Å². The molecule has 0 unspecified atom stereocenters. The number of nitrogens with one attached hydrogen (secondary N) is 1. The van der Waals surface area contributed by atoms with E-state index < -0.39 is 0 Å². The second-order valence-corrected chi connectivity index (χ2v) is 4.38. The van der Waals surface area contributed by atoms with Gasteiger partial charge in [-0.3, -0.25) is 4.79 Å². The van der Waals surface area contributed by atoms with E-state index in [1.54, 1.807) is 6.92 Å². The molecule has 102 valence electrons. The van der Waals surface area contributed by atoms with Gasteiger partial charge in [-0.2, -0.15) is 5.10 Å². The lowest BCUT2D eigenvalue weighted by atomic mass is 10.2. The van der Waals surface area contributed by atoms with Crippen LogP contribution in [0.5, 0.6) is 0 Å². The van der Waals surface area contributed by atoms with Crippen LogP contribution in [0.15, 0.2) is 24.3 Å². The molecule has 1 aromatic carbocycles. The highest BCUT2D eigenvalue weighted by Crippen LogP contribution is 2.23. The predicted octanol–water partition coefficient (Wildman–Crippen LogP) is 2.34. The van der Waals surface area contributed by atoms with Gasteiger partial charge in [0.2, 0.25) is 0 Å². The van der Waals surface area contributed by atoms with Gasteiger partial charge in [-0.15, -0.1) is 6.42 Å². The average molecular weight is 292 g/mol. The predicted molar refractivity (Wildman–Crippen MR) is 74.4 cm³/mol. The molecule has 0 spiro atoms. The second kappa shape index (κ2) is 5.76. The highest BCUT2D eigenvalue weighted by atomic mass is 35.5. The summed E-state index contributed by atoms with van der Waals surface area (Å²) in [6, 6.07) is 5.63. The van der Waals surface area contributed by atoms with Gasteiger partial charge in [-0.25, -0.2) is 9.07 Å². The Labute approximate surface area is 120 Å². The standard InChI is InChI=1S/C14H11ClFN3O/c1-3-8-17-14(20)12-9(2)18-19(13(12)15)11-6-4-10(16)5-7-11/h1,4-7H,8H2,2H3,(H,17,20). The molecule has 20 heavy (non-hydrogen) atoms. The van der Waals surface area contributed by atoms with E-state index in [1.807, 2.05) is 0 Å². The molecule has 0 aliphatic heterocycles. The molecule has 0 saturated carbocycles. The molecule has 2 aromatic rings. The first-order chi connectivity index (χ1) is 9.54. The lowest BCUT2D eigenvalue weighted by molar-refractivity contribution is 0.0958. The third-order valence-corrected chi connectivity index (χ3v) is 3.00. The number of hydrogen-bond acceptors (Lipinski definition) is 2. The van der Waals surface area contributed by atoms with Crippen molar-refractivity contribution in [1.29, 1.82) is 0 Å². The molecule has 0 aliphatic rings. The Balaban J connectivity index is 2.41. The van der Waals surface area contributed by atoms with Gasteiger partial charge in [-0.1, -0.05) is 17.5 Å². The smallest absolute Gasteiger partial charge is 0.257 e. The van der Waals surface area contributed by atoms with Crippen LogP contribution in [-0.2, 0) is 0 Å². The van der Waals surface area contributed by atoms with Crippen LogP contribution in [0.1, 0.15) is 16.1 Å². The van der Waals surface area contributed by atoms with E-state index in [2.05, 4.69) is 16.3 Å². The van der Waals surface area contributed by atoms with Crippen molar-refractivity contribution >= 4 is 17.5 Å². The summed E-state index contributed by atoms with van der Waals surface area (Å²) in [5.41, 5.74) is 1.29. The number of hydrogen-bond donors (Lipinski definition) is 1. The second-order valence-electron chi connectivity index (χ2n) is 4.03. The molecular weight excluding hydrogens is 281 g/mol. The molecule has 1 aromatic heterocycles. The van der Waals surface area contributed by atoms with Crippen molar-refractivity contribution in [2.75, 3.05) is 6.54 Å². The van der Waals surface area contributed by atoms with Crippen LogP contribution in [0, 0.1) is 25.1 Å². The Kier molecular flexibility index (Phi) is 4.06. The van der Waals surface area contributed by atoms with Crippen LogP contribution in [0.25, 0.3) is 5.69 Å². The van der Waals surface area contributed by atoms with Crippen LogP contribution in [0.4, 0.5) is 4.39 Å². The van der Waals surface area contributed by atoms with E-state index >= 15 is 0 Å². The fraction of sp³-hybridized carbons (Fsp3) is 0.143. The number of nitrogens with zero attached hydrogens (tertiary/aromatic N) is 2. The lowest BCUT2D eigenvalue weighted by Crippen LogP contribution is -2.24. The topological polar surface area (TPSA) is 46.9 Å². The average Bonchev–Trinajstić information content (AvgIpc) is 2.72. The summed E-state index contributed by atoms with van der Waals surface area (Å²) >= 11 is 6.17. The molecule has 1 heterocycles. The summed E-state index contributed by atoms with van der Waals surface area (Å²) in [6.07, 6.45) is 5.09. The highest BCUT2D eigenvalue weighted by Gasteiger charge is 2.20. The maximum atomic E-state index is 12.9. The first-order valence-corrected chi connectivity index (χ1v) is 6.15. The number of aromatic nitrogens is 2. The van der Waals surface area contributed by atoms with Crippen LogP contribution in [0.3, 0.4) is 0 Å². The molecule has 0 fully saturated rings. The summed E-state index contributed by atoms with van der Waals surface area (Å²) < 4.78 is 14.3. The Bertz CT molecular complexity index is 686. The summed E-state index contributed by atoms with van der Waals surface area (Å²) in [7, 11) is 0. The third kappa shape index (κ3) is 2.65. The highest BCUT2D eigenvalue weighted by molar-refractivity contribution is 6.33. The molecule has 0 atom stereocenters. The first kappa shape index (κ1) is 14.1. The summed E-state index contributed by atoms with van der Waals surface area (Å²) in [5.74, 6) is 1.56. The van der Waals surface area contributed by atoms with Crippen molar-refractivity contribution in [2.24, 2.45) is 0 Å². The van der Waals surface area contributed by atoms with Crippen molar-refractivity contribution in [3.05, 3.63) is 46.5 Å². The Morgan fingerprint density at radius 3 is 2.75 bits per heavy atom. The van der Waals surface area contributed by atoms with Crippen LogP contribution < -0.4 is 5.32 Å². The van der Waals surface area contributed by atoms with Gasteiger partial charge in [0.1, 0.15) is 11.0 Å². The van der Waals surface area contributed by atoms with Crippen LogP contribution in [-0.4, -0.2) is 22.2 Å². The number of rotatable bonds is 3. The monoisotopic (exact) mass is 291 g/mol. The van der Waals surface area contributed by atoms with E-state index in [1.165, 1.54) is 28.9 Å². The van der Waals surface area contributed by atoms with Crippen molar-refractivity contribution < 1.29 is 9.18 Å². The first-order valence-electron chi connectivity index (χ1n) is 5.77. The Morgan fingerprint density at radius 1 is 1.50 bits per heavy atom. The Hall–Kier alpha value is -2.32. The molecule has 2 rings (SSSR count). The number of carbonyl (C=O) groups excluding carboxylic acids is 1. The third-order valence-electron chi connectivity index (χ3n) is 2.65.